The minimum atomic E-state index is 0. The van der Waals surface area contributed by atoms with Gasteiger partial charge in [0.05, 0.1) is 0 Å². The van der Waals surface area contributed by atoms with Crippen LogP contribution in [0, 0.1) is 5.92 Å². The zero-order chi connectivity index (χ0) is 7.52. The first kappa shape index (κ1) is 9.08. The third-order valence-electron chi connectivity index (χ3n) is 1.93. The molecule has 1 atom stereocenters. The Kier molecular flexibility index (Phi) is 3.12. The van der Waals surface area contributed by atoms with Gasteiger partial charge in [-0.15, -0.1) is 12.4 Å². The van der Waals surface area contributed by atoms with E-state index in [4.69, 9.17) is 0 Å². The predicted molar refractivity (Wildman–Crippen MR) is 55.4 cm³/mol. The van der Waals surface area contributed by atoms with E-state index in [1.54, 1.807) is 0 Å². The first-order valence-electron chi connectivity index (χ1n) is 3.87. The van der Waals surface area contributed by atoms with Crippen molar-refractivity contribution in [2.75, 3.05) is 0 Å². The number of hydrogen-bond acceptors (Lipinski definition) is 0. The van der Waals surface area contributed by atoms with Gasteiger partial charge in [-0.1, -0.05) is 54.7 Å². The lowest BCUT2D eigenvalue weighted by atomic mass is 9.95. The predicted octanol–water partition coefficient (Wildman–Crippen LogP) is 3.20. The van der Waals surface area contributed by atoms with Gasteiger partial charge in [-0.25, -0.2) is 0 Å². The molecule has 0 aromatic carbocycles. The molecule has 0 aromatic heterocycles. The van der Waals surface area contributed by atoms with Crippen molar-refractivity contribution in [2.45, 2.75) is 0 Å². The Morgan fingerprint density at radius 1 is 0.833 bits per heavy atom. The van der Waals surface area contributed by atoms with E-state index in [0.717, 1.165) is 0 Å². The molecule has 0 radical (unpaired) electrons. The van der Waals surface area contributed by atoms with E-state index in [1.165, 1.54) is 5.57 Å². The monoisotopic (exact) mass is 178 g/mol. The first-order valence-corrected chi connectivity index (χ1v) is 3.87. The molecule has 1 heteroatoms. The Labute approximate surface area is 79.1 Å². The van der Waals surface area contributed by atoms with Crippen molar-refractivity contribution in [1.82, 2.24) is 0 Å². The van der Waals surface area contributed by atoms with E-state index in [-0.39, 0.29) is 12.4 Å². The molecule has 2 rings (SSSR count). The van der Waals surface area contributed by atoms with Gasteiger partial charge >= 0.3 is 0 Å². The molecular weight excluding hydrogens is 168 g/mol. The van der Waals surface area contributed by atoms with Crippen molar-refractivity contribution in [1.29, 1.82) is 0 Å². The Balaban J connectivity index is 0.000000720. The van der Waals surface area contributed by atoms with Crippen LogP contribution in [0.2, 0.25) is 0 Å². The minimum absolute atomic E-state index is 0. The fourth-order valence-electron chi connectivity index (χ4n) is 1.33. The standard InChI is InChI=1S/C11H10.ClH/c1-2-6-10-8-4-5-9-11(10)7-3-1;/h1-10H;1H. The molecular formula is C11H11Cl. The topological polar surface area (TPSA) is 0 Å². The minimum Gasteiger partial charge on any atom is -0.147 e. The lowest BCUT2D eigenvalue weighted by Crippen LogP contribution is -1.96. The molecule has 2 aliphatic rings. The van der Waals surface area contributed by atoms with E-state index >= 15 is 0 Å². The number of fused-ring (bicyclic) bond motifs is 1. The second-order valence-electron chi connectivity index (χ2n) is 2.71. The van der Waals surface area contributed by atoms with Gasteiger partial charge in [0, 0.05) is 5.92 Å². The van der Waals surface area contributed by atoms with Crippen LogP contribution in [0.5, 0.6) is 0 Å². The fourth-order valence-corrected chi connectivity index (χ4v) is 1.33. The molecule has 0 spiro atoms. The summed E-state index contributed by atoms with van der Waals surface area (Å²) in [6.07, 6.45) is 19.1. The molecule has 0 N–H and O–H groups in total. The van der Waals surface area contributed by atoms with E-state index in [0.29, 0.717) is 5.92 Å². The molecule has 2 aliphatic carbocycles. The number of rotatable bonds is 0. The molecule has 0 heterocycles. The maximum absolute atomic E-state index is 2.20. The summed E-state index contributed by atoms with van der Waals surface area (Å²) in [5.41, 5.74) is 1.37. The smallest absolute Gasteiger partial charge is 0.0204 e. The summed E-state index contributed by atoms with van der Waals surface area (Å²) in [5.74, 6) is 0.495. The highest BCUT2D eigenvalue weighted by Crippen LogP contribution is 2.21. The maximum Gasteiger partial charge on any atom is 0.0204 e. The lowest BCUT2D eigenvalue weighted by Gasteiger charge is -2.10. The summed E-state index contributed by atoms with van der Waals surface area (Å²) in [4.78, 5) is 0. The van der Waals surface area contributed by atoms with Crippen molar-refractivity contribution >= 4 is 12.4 Å². The quantitative estimate of drug-likeness (QED) is 0.535. The Bertz CT molecular complexity index is 290. The molecule has 0 fully saturated rings. The fraction of sp³-hybridized carbons (Fsp3) is 0.0909. The zero-order valence-corrected chi connectivity index (χ0v) is 7.50. The summed E-state index contributed by atoms with van der Waals surface area (Å²) in [6.45, 7) is 0. The SMILES string of the molecule is C1=CC=C2C=CC=CC2C=C1.Cl. The highest BCUT2D eigenvalue weighted by Gasteiger charge is 2.06. The average molecular weight is 179 g/mol. The molecule has 0 bridgehead atoms. The second-order valence-corrected chi connectivity index (χ2v) is 2.71. The average Bonchev–Trinajstić information content (AvgIpc) is 2.28. The highest BCUT2D eigenvalue weighted by atomic mass is 35.5. The van der Waals surface area contributed by atoms with Gasteiger partial charge in [0.25, 0.3) is 0 Å². The van der Waals surface area contributed by atoms with Crippen molar-refractivity contribution in [3.8, 4) is 0 Å². The Morgan fingerprint density at radius 3 is 2.42 bits per heavy atom. The molecule has 1 unspecified atom stereocenters. The Hall–Kier alpha value is -1.01. The molecule has 12 heavy (non-hydrogen) atoms. The lowest BCUT2D eigenvalue weighted by molar-refractivity contribution is 0.998. The van der Waals surface area contributed by atoms with Crippen LogP contribution in [-0.2, 0) is 0 Å². The van der Waals surface area contributed by atoms with Crippen molar-refractivity contribution in [3.63, 3.8) is 0 Å². The van der Waals surface area contributed by atoms with Crippen LogP contribution in [0.3, 0.4) is 0 Å². The molecule has 0 saturated heterocycles. The zero-order valence-electron chi connectivity index (χ0n) is 6.68. The Morgan fingerprint density at radius 2 is 1.58 bits per heavy atom. The molecule has 62 valence electrons. The molecule has 0 amide bonds. The van der Waals surface area contributed by atoms with Gasteiger partial charge in [-0.3, -0.25) is 0 Å². The maximum atomic E-state index is 2.20. The largest absolute Gasteiger partial charge is 0.147 e. The third-order valence-corrected chi connectivity index (χ3v) is 1.93. The van der Waals surface area contributed by atoms with Gasteiger partial charge in [0.15, 0.2) is 0 Å². The molecule has 0 saturated carbocycles. The highest BCUT2D eigenvalue weighted by molar-refractivity contribution is 5.85. The van der Waals surface area contributed by atoms with Gasteiger partial charge in [-0.2, -0.15) is 0 Å². The van der Waals surface area contributed by atoms with Crippen molar-refractivity contribution in [3.05, 3.63) is 60.3 Å². The van der Waals surface area contributed by atoms with Gasteiger partial charge in [-0.05, 0) is 5.57 Å². The van der Waals surface area contributed by atoms with Gasteiger partial charge in [0.2, 0.25) is 0 Å². The molecule has 0 aromatic rings. The number of hydrogen-bond donors (Lipinski definition) is 0. The molecule has 0 aliphatic heterocycles. The van der Waals surface area contributed by atoms with E-state index in [9.17, 15) is 0 Å². The van der Waals surface area contributed by atoms with Gasteiger partial charge in [0.1, 0.15) is 0 Å². The number of allylic oxidation sites excluding steroid dienone is 10. The summed E-state index contributed by atoms with van der Waals surface area (Å²) in [6, 6.07) is 0. The summed E-state index contributed by atoms with van der Waals surface area (Å²) < 4.78 is 0. The summed E-state index contributed by atoms with van der Waals surface area (Å²) in [7, 11) is 0. The van der Waals surface area contributed by atoms with Crippen molar-refractivity contribution in [2.24, 2.45) is 5.92 Å². The van der Waals surface area contributed by atoms with Crippen LogP contribution in [0.4, 0.5) is 0 Å². The van der Waals surface area contributed by atoms with Crippen LogP contribution in [0.1, 0.15) is 0 Å². The summed E-state index contributed by atoms with van der Waals surface area (Å²) >= 11 is 0. The first-order chi connectivity index (χ1) is 5.47. The van der Waals surface area contributed by atoms with Crippen LogP contribution < -0.4 is 0 Å². The van der Waals surface area contributed by atoms with Crippen LogP contribution in [0.15, 0.2) is 60.3 Å². The molecule has 0 nitrogen and oxygen atoms in total. The second kappa shape index (κ2) is 4.13. The van der Waals surface area contributed by atoms with E-state index in [2.05, 4.69) is 54.7 Å². The number of halogens is 1. The van der Waals surface area contributed by atoms with E-state index < -0.39 is 0 Å². The van der Waals surface area contributed by atoms with Crippen molar-refractivity contribution < 1.29 is 0 Å². The van der Waals surface area contributed by atoms with Gasteiger partial charge < -0.3 is 0 Å². The van der Waals surface area contributed by atoms with Crippen LogP contribution in [-0.4, -0.2) is 0 Å². The third kappa shape index (κ3) is 1.77. The van der Waals surface area contributed by atoms with E-state index in [1.807, 2.05) is 0 Å². The van der Waals surface area contributed by atoms with Crippen LogP contribution in [0.25, 0.3) is 0 Å². The summed E-state index contributed by atoms with van der Waals surface area (Å²) in [5, 5.41) is 0. The van der Waals surface area contributed by atoms with Crippen LogP contribution >= 0.6 is 12.4 Å². The normalized spacial score (nSPS) is 24.0.